The zero-order chi connectivity index (χ0) is 22.2. The molecule has 0 aliphatic rings. The Labute approximate surface area is 184 Å². The molecule has 0 heterocycles. The van der Waals surface area contributed by atoms with E-state index < -0.39 is 10.8 Å². The number of phenols is 2. The van der Waals surface area contributed by atoms with Crippen molar-refractivity contribution in [1.82, 2.24) is 0 Å². The maximum absolute atomic E-state index is 11.5. The van der Waals surface area contributed by atoms with Crippen LogP contribution in [0.15, 0.2) is 97.1 Å². The predicted molar refractivity (Wildman–Crippen MR) is 125 cm³/mol. The van der Waals surface area contributed by atoms with Gasteiger partial charge in [-0.3, -0.25) is 10.1 Å². The summed E-state index contributed by atoms with van der Waals surface area (Å²) in [6, 6.07) is 28.6. The van der Waals surface area contributed by atoms with Crippen molar-refractivity contribution in [3.63, 3.8) is 0 Å². The number of nitro benzene ring substituents is 1. The smallest absolute Gasteiger partial charge is 0.269 e. The van der Waals surface area contributed by atoms with Gasteiger partial charge >= 0.3 is 0 Å². The molecule has 5 aromatic rings. The van der Waals surface area contributed by atoms with E-state index in [1.54, 1.807) is 24.3 Å². The minimum Gasteiger partial charge on any atom is -0.508 e. The maximum atomic E-state index is 11.5. The van der Waals surface area contributed by atoms with Crippen molar-refractivity contribution in [2.45, 2.75) is 5.92 Å². The third-order valence-corrected chi connectivity index (χ3v) is 5.89. The van der Waals surface area contributed by atoms with Crippen LogP contribution in [0.2, 0.25) is 0 Å². The average molecular weight is 421 g/mol. The van der Waals surface area contributed by atoms with E-state index in [4.69, 9.17) is 0 Å². The van der Waals surface area contributed by atoms with Gasteiger partial charge in [-0.05, 0) is 39.2 Å². The number of fused-ring (bicyclic) bond motifs is 2. The largest absolute Gasteiger partial charge is 0.508 e. The molecule has 0 aliphatic carbocycles. The summed E-state index contributed by atoms with van der Waals surface area (Å²) in [6.07, 6.45) is 0. The highest BCUT2D eigenvalue weighted by atomic mass is 16.6. The Morgan fingerprint density at radius 3 is 1.72 bits per heavy atom. The molecule has 0 amide bonds. The van der Waals surface area contributed by atoms with Gasteiger partial charge in [0.15, 0.2) is 0 Å². The number of nitro groups is 1. The van der Waals surface area contributed by atoms with Gasteiger partial charge < -0.3 is 10.2 Å². The monoisotopic (exact) mass is 421 g/mol. The van der Waals surface area contributed by atoms with Gasteiger partial charge in [0.2, 0.25) is 0 Å². The van der Waals surface area contributed by atoms with Crippen LogP contribution >= 0.6 is 0 Å². The Morgan fingerprint density at radius 1 is 0.656 bits per heavy atom. The van der Waals surface area contributed by atoms with Crippen molar-refractivity contribution >= 4 is 27.2 Å². The second-order valence-corrected chi connectivity index (χ2v) is 7.72. The summed E-state index contributed by atoms with van der Waals surface area (Å²) in [7, 11) is 0. The van der Waals surface area contributed by atoms with Crippen molar-refractivity contribution in [3.8, 4) is 11.5 Å². The normalized spacial score (nSPS) is 11.3. The molecular weight excluding hydrogens is 402 g/mol. The minimum atomic E-state index is -0.632. The third kappa shape index (κ3) is 3.20. The van der Waals surface area contributed by atoms with E-state index in [1.165, 1.54) is 12.1 Å². The number of rotatable bonds is 4. The number of non-ortho nitro benzene ring substituents is 1. The van der Waals surface area contributed by atoms with E-state index in [-0.39, 0.29) is 17.2 Å². The summed E-state index contributed by atoms with van der Waals surface area (Å²) in [4.78, 5) is 11.1. The van der Waals surface area contributed by atoms with E-state index in [9.17, 15) is 20.3 Å². The van der Waals surface area contributed by atoms with Crippen LogP contribution in [-0.4, -0.2) is 15.1 Å². The van der Waals surface area contributed by atoms with Gasteiger partial charge in [-0.25, -0.2) is 0 Å². The van der Waals surface area contributed by atoms with Gasteiger partial charge in [0.1, 0.15) is 11.5 Å². The summed E-state index contributed by atoms with van der Waals surface area (Å²) in [5.41, 5.74) is 1.75. The first kappa shape index (κ1) is 19.6. The van der Waals surface area contributed by atoms with E-state index >= 15 is 0 Å². The maximum Gasteiger partial charge on any atom is 0.269 e. The molecule has 0 unspecified atom stereocenters. The molecular formula is C27H19NO4. The number of hydrogen-bond donors (Lipinski definition) is 2. The molecule has 0 radical (unpaired) electrons. The van der Waals surface area contributed by atoms with Crippen molar-refractivity contribution in [1.29, 1.82) is 0 Å². The molecule has 5 heteroatoms. The minimum absolute atomic E-state index is 0.0491. The molecule has 0 saturated carbocycles. The average Bonchev–Trinajstić information content (AvgIpc) is 2.82. The van der Waals surface area contributed by atoms with Crippen LogP contribution in [0, 0.1) is 10.1 Å². The number of benzene rings is 5. The first-order valence-corrected chi connectivity index (χ1v) is 10.2. The van der Waals surface area contributed by atoms with Crippen LogP contribution in [0.1, 0.15) is 22.6 Å². The fraction of sp³-hybridized carbons (Fsp3) is 0.0370. The Balaban J connectivity index is 1.92. The number of aromatic hydroxyl groups is 2. The van der Waals surface area contributed by atoms with Gasteiger partial charge in [0.05, 0.1) is 4.92 Å². The standard InChI is InChI=1S/C27H19NO4/c29-23-14-12-17-6-1-3-10-21(17)26(23)25(19-8-5-9-20(16-19)28(31)32)27-22-11-4-2-7-18(22)13-15-24(27)30/h1-16,25,29-30H. The lowest BCUT2D eigenvalue weighted by atomic mass is 9.79. The molecule has 2 N–H and O–H groups in total. The highest BCUT2D eigenvalue weighted by Gasteiger charge is 2.28. The van der Waals surface area contributed by atoms with Gasteiger partial charge in [0, 0.05) is 29.2 Å². The lowest BCUT2D eigenvalue weighted by Crippen LogP contribution is -2.07. The van der Waals surface area contributed by atoms with Gasteiger partial charge in [-0.15, -0.1) is 0 Å². The number of nitrogens with zero attached hydrogens (tertiary/aromatic N) is 1. The molecule has 32 heavy (non-hydrogen) atoms. The zero-order valence-corrected chi connectivity index (χ0v) is 17.0. The second-order valence-electron chi connectivity index (χ2n) is 7.72. The molecule has 0 fully saturated rings. The number of phenolic OH excluding ortho intramolecular Hbond substituents is 2. The van der Waals surface area contributed by atoms with Gasteiger partial charge in [-0.2, -0.15) is 0 Å². The summed E-state index contributed by atoms with van der Waals surface area (Å²) < 4.78 is 0. The Kier molecular flexibility index (Phi) is 4.71. The molecule has 0 saturated heterocycles. The van der Waals surface area contributed by atoms with Crippen LogP contribution < -0.4 is 0 Å². The molecule has 156 valence electrons. The van der Waals surface area contributed by atoms with Crippen molar-refractivity contribution in [2.75, 3.05) is 0 Å². The lowest BCUT2D eigenvalue weighted by Gasteiger charge is -2.24. The van der Waals surface area contributed by atoms with E-state index in [2.05, 4.69) is 0 Å². The molecule has 0 spiro atoms. The van der Waals surface area contributed by atoms with Gasteiger partial charge in [-0.1, -0.05) is 72.8 Å². The first-order chi connectivity index (χ1) is 15.5. The highest BCUT2D eigenvalue weighted by molar-refractivity contribution is 5.93. The molecule has 0 atom stereocenters. The van der Waals surface area contributed by atoms with E-state index in [0.717, 1.165) is 21.5 Å². The van der Waals surface area contributed by atoms with E-state index in [1.807, 2.05) is 60.7 Å². The topological polar surface area (TPSA) is 83.6 Å². The summed E-state index contributed by atoms with van der Waals surface area (Å²) in [5.74, 6) is -0.507. The second kappa shape index (κ2) is 7.71. The molecule has 0 aromatic heterocycles. The lowest BCUT2D eigenvalue weighted by molar-refractivity contribution is -0.384. The Hall–Kier alpha value is -4.38. The summed E-state index contributed by atoms with van der Waals surface area (Å²) in [5, 5.41) is 37.1. The first-order valence-electron chi connectivity index (χ1n) is 10.2. The quantitative estimate of drug-likeness (QED) is 0.197. The third-order valence-electron chi connectivity index (χ3n) is 5.89. The van der Waals surface area contributed by atoms with Crippen LogP contribution in [-0.2, 0) is 0 Å². The van der Waals surface area contributed by atoms with Crippen LogP contribution in [0.4, 0.5) is 5.69 Å². The fourth-order valence-corrected chi connectivity index (χ4v) is 4.47. The summed E-state index contributed by atoms with van der Waals surface area (Å²) >= 11 is 0. The van der Waals surface area contributed by atoms with E-state index in [0.29, 0.717) is 16.7 Å². The summed E-state index contributed by atoms with van der Waals surface area (Å²) in [6.45, 7) is 0. The Morgan fingerprint density at radius 2 is 1.19 bits per heavy atom. The predicted octanol–water partition coefficient (Wildman–Crippen LogP) is 6.49. The molecule has 5 nitrogen and oxygen atoms in total. The zero-order valence-electron chi connectivity index (χ0n) is 17.0. The Bertz CT molecular complexity index is 1410. The van der Waals surface area contributed by atoms with Crippen LogP contribution in [0.5, 0.6) is 11.5 Å². The van der Waals surface area contributed by atoms with Crippen molar-refractivity contribution in [3.05, 3.63) is 124 Å². The van der Waals surface area contributed by atoms with Crippen molar-refractivity contribution in [2.24, 2.45) is 0 Å². The van der Waals surface area contributed by atoms with Crippen LogP contribution in [0.3, 0.4) is 0 Å². The number of hydrogen-bond acceptors (Lipinski definition) is 4. The molecule has 0 bridgehead atoms. The van der Waals surface area contributed by atoms with Crippen LogP contribution in [0.25, 0.3) is 21.5 Å². The molecule has 5 aromatic carbocycles. The fourth-order valence-electron chi connectivity index (χ4n) is 4.47. The molecule has 0 aliphatic heterocycles. The highest BCUT2D eigenvalue weighted by Crippen LogP contribution is 2.46. The molecule has 5 rings (SSSR count). The van der Waals surface area contributed by atoms with Gasteiger partial charge in [0.25, 0.3) is 5.69 Å². The van der Waals surface area contributed by atoms with Crippen molar-refractivity contribution < 1.29 is 15.1 Å². The SMILES string of the molecule is O=[N+]([O-])c1cccc(C(c2c(O)ccc3ccccc23)c2c(O)ccc3ccccc23)c1.